The first kappa shape index (κ1) is 14.0. The van der Waals surface area contributed by atoms with Gasteiger partial charge in [-0.25, -0.2) is 0 Å². The Morgan fingerprint density at radius 1 is 1.35 bits per heavy atom. The van der Waals surface area contributed by atoms with E-state index in [0.29, 0.717) is 0 Å². The lowest BCUT2D eigenvalue weighted by molar-refractivity contribution is 0.639. The lowest BCUT2D eigenvalue weighted by Gasteiger charge is -2.04. The normalized spacial score (nSPS) is 10.4. The van der Waals surface area contributed by atoms with Crippen molar-refractivity contribution in [2.45, 2.75) is 19.3 Å². The van der Waals surface area contributed by atoms with Crippen molar-refractivity contribution in [3.63, 3.8) is 0 Å². The molecule has 0 aliphatic heterocycles. The Morgan fingerprint density at radius 3 is 2.94 bits per heavy atom. The highest BCUT2D eigenvalue weighted by molar-refractivity contribution is 8.13. The zero-order valence-electron chi connectivity index (χ0n) is 9.98. The molecular weight excluding hydrogens is 232 g/mol. The van der Waals surface area contributed by atoms with Gasteiger partial charge in [0.1, 0.15) is 0 Å². The Balaban J connectivity index is 1.90. The van der Waals surface area contributed by atoms with E-state index >= 15 is 0 Å². The largest absolute Gasteiger partial charge is 0.379 e. The van der Waals surface area contributed by atoms with Crippen molar-refractivity contribution in [2.24, 2.45) is 5.73 Å². The number of amidine groups is 1. The summed E-state index contributed by atoms with van der Waals surface area (Å²) in [7, 11) is 0. The lowest BCUT2D eigenvalue weighted by Crippen LogP contribution is -2.20. The summed E-state index contributed by atoms with van der Waals surface area (Å²) in [5.41, 5.74) is 6.40. The SMILES string of the molecule is N=C(N)SCCNCCCCc1ccccn1. The van der Waals surface area contributed by atoms with Gasteiger partial charge in [0.25, 0.3) is 0 Å². The number of unbranched alkanes of at least 4 members (excludes halogenated alkanes) is 1. The van der Waals surface area contributed by atoms with Crippen molar-refractivity contribution in [1.29, 1.82) is 5.41 Å². The number of rotatable bonds is 8. The number of aryl methyl sites for hydroxylation is 1. The van der Waals surface area contributed by atoms with Crippen molar-refractivity contribution in [3.05, 3.63) is 30.1 Å². The monoisotopic (exact) mass is 252 g/mol. The molecule has 17 heavy (non-hydrogen) atoms. The topological polar surface area (TPSA) is 74.8 Å². The fourth-order valence-electron chi connectivity index (χ4n) is 1.46. The second-order valence-electron chi connectivity index (χ2n) is 3.74. The maximum absolute atomic E-state index is 7.04. The molecule has 1 aromatic rings. The van der Waals surface area contributed by atoms with Crippen LogP contribution in [0.2, 0.25) is 0 Å². The fourth-order valence-corrected chi connectivity index (χ4v) is 1.93. The maximum Gasteiger partial charge on any atom is 0.151 e. The number of nitrogens with one attached hydrogen (secondary N) is 2. The molecule has 0 aliphatic carbocycles. The molecule has 94 valence electrons. The van der Waals surface area contributed by atoms with E-state index in [9.17, 15) is 0 Å². The zero-order chi connectivity index (χ0) is 12.3. The molecule has 0 bridgehead atoms. The molecule has 0 unspecified atom stereocenters. The van der Waals surface area contributed by atoms with Crippen LogP contribution in [0, 0.1) is 5.41 Å². The van der Waals surface area contributed by atoms with Gasteiger partial charge in [-0.05, 0) is 37.9 Å². The van der Waals surface area contributed by atoms with E-state index in [2.05, 4.69) is 16.4 Å². The summed E-state index contributed by atoms with van der Waals surface area (Å²) in [6.45, 7) is 1.93. The Labute approximate surface area is 107 Å². The Hall–Kier alpha value is -1.07. The average molecular weight is 252 g/mol. The highest BCUT2D eigenvalue weighted by Crippen LogP contribution is 2.00. The molecule has 0 atom stereocenters. The molecule has 1 rings (SSSR count). The molecule has 4 nitrogen and oxygen atoms in total. The molecule has 4 N–H and O–H groups in total. The second-order valence-corrected chi connectivity index (χ2v) is 4.88. The summed E-state index contributed by atoms with van der Waals surface area (Å²) in [5, 5.41) is 10.6. The van der Waals surface area contributed by atoms with E-state index in [-0.39, 0.29) is 5.17 Å². The molecule has 0 spiro atoms. The Kier molecular flexibility index (Phi) is 7.42. The molecule has 0 fully saturated rings. The van der Waals surface area contributed by atoms with Crippen molar-refractivity contribution in [3.8, 4) is 0 Å². The van der Waals surface area contributed by atoms with Gasteiger partial charge in [-0.15, -0.1) is 0 Å². The highest BCUT2D eigenvalue weighted by Gasteiger charge is 1.94. The quantitative estimate of drug-likeness (QED) is 0.373. The molecule has 0 saturated heterocycles. The highest BCUT2D eigenvalue weighted by atomic mass is 32.2. The molecule has 0 aromatic carbocycles. The van der Waals surface area contributed by atoms with Crippen LogP contribution in [0.5, 0.6) is 0 Å². The predicted molar refractivity (Wildman–Crippen MR) is 74.4 cm³/mol. The van der Waals surface area contributed by atoms with Gasteiger partial charge in [-0.1, -0.05) is 17.8 Å². The van der Waals surface area contributed by atoms with Crippen LogP contribution < -0.4 is 11.1 Å². The van der Waals surface area contributed by atoms with Crippen molar-refractivity contribution >= 4 is 16.9 Å². The van der Waals surface area contributed by atoms with Crippen LogP contribution in [-0.4, -0.2) is 29.0 Å². The first-order valence-electron chi connectivity index (χ1n) is 5.86. The molecule has 0 amide bonds. The second kappa shape index (κ2) is 9.01. The summed E-state index contributed by atoms with van der Waals surface area (Å²) in [5.74, 6) is 0.871. The van der Waals surface area contributed by atoms with Gasteiger partial charge in [0, 0.05) is 24.2 Å². The fraction of sp³-hybridized carbons (Fsp3) is 0.500. The third-order valence-electron chi connectivity index (χ3n) is 2.30. The summed E-state index contributed by atoms with van der Waals surface area (Å²) in [6.07, 6.45) is 5.20. The molecule has 0 radical (unpaired) electrons. The third kappa shape index (κ3) is 7.76. The van der Waals surface area contributed by atoms with Crippen LogP contribution >= 0.6 is 11.8 Å². The van der Waals surface area contributed by atoms with Crippen LogP contribution in [-0.2, 0) is 6.42 Å². The number of thioether (sulfide) groups is 1. The lowest BCUT2D eigenvalue weighted by atomic mass is 10.2. The number of nitrogens with two attached hydrogens (primary N) is 1. The molecule has 1 aromatic heterocycles. The number of nitrogens with zero attached hydrogens (tertiary/aromatic N) is 1. The van der Waals surface area contributed by atoms with Gasteiger partial charge >= 0.3 is 0 Å². The molecular formula is C12H20N4S. The number of hydrogen-bond donors (Lipinski definition) is 3. The van der Waals surface area contributed by atoms with Crippen LogP contribution in [0.25, 0.3) is 0 Å². The Morgan fingerprint density at radius 2 is 2.24 bits per heavy atom. The van der Waals surface area contributed by atoms with Crippen LogP contribution in [0.15, 0.2) is 24.4 Å². The van der Waals surface area contributed by atoms with Crippen LogP contribution in [0.3, 0.4) is 0 Å². The van der Waals surface area contributed by atoms with E-state index in [0.717, 1.165) is 38.1 Å². The molecule has 5 heteroatoms. The van der Waals surface area contributed by atoms with E-state index in [1.807, 2.05) is 18.3 Å². The number of aromatic nitrogens is 1. The summed E-state index contributed by atoms with van der Waals surface area (Å²) < 4.78 is 0. The minimum atomic E-state index is 0.196. The van der Waals surface area contributed by atoms with E-state index in [4.69, 9.17) is 11.1 Å². The van der Waals surface area contributed by atoms with Gasteiger partial charge in [0.2, 0.25) is 0 Å². The molecule has 1 heterocycles. The Bertz CT molecular complexity index is 316. The van der Waals surface area contributed by atoms with Crippen molar-refractivity contribution < 1.29 is 0 Å². The van der Waals surface area contributed by atoms with E-state index in [1.165, 1.54) is 17.5 Å². The average Bonchev–Trinajstić information content (AvgIpc) is 2.33. The summed E-state index contributed by atoms with van der Waals surface area (Å²) >= 11 is 1.38. The zero-order valence-corrected chi connectivity index (χ0v) is 10.8. The number of pyridine rings is 1. The van der Waals surface area contributed by atoms with Gasteiger partial charge in [-0.2, -0.15) is 0 Å². The summed E-state index contributed by atoms with van der Waals surface area (Å²) in [4.78, 5) is 4.28. The summed E-state index contributed by atoms with van der Waals surface area (Å²) in [6, 6.07) is 6.04. The van der Waals surface area contributed by atoms with Crippen molar-refractivity contribution in [2.75, 3.05) is 18.8 Å². The van der Waals surface area contributed by atoms with E-state index in [1.54, 1.807) is 0 Å². The van der Waals surface area contributed by atoms with Gasteiger partial charge < -0.3 is 11.1 Å². The molecule has 0 saturated carbocycles. The smallest absolute Gasteiger partial charge is 0.151 e. The first-order valence-corrected chi connectivity index (χ1v) is 6.85. The standard InChI is InChI=1S/C12H20N4S/c13-12(14)17-10-9-15-7-3-1-5-11-6-2-4-8-16-11/h2,4,6,8,15H,1,3,5,7,9-10H2,(H3,13,14). The molecule has 0 aliphatic rings. The first-order chi connectivity index (χ1) is 8.29. The predicted octanol–water partition coefficient (Wildman–Crippen LogP) is 1.62. The van der Waals surface area contributed by atoms with Gasteiger partial charge in [-0.3, -0.25) is 10.4 Å². The van der Waals surface area contributed by atoms with E-state index < -0.39 is 0 Å². The van der Waals surface area contributed by atoms with Gasteiger partial charge in [0.15, 0.2) is 5.17 Å². The maximum atomic E-state index is 7.04. The number of hydrogen-bond acceptors (Lipinski definition) is 4. The van der Waals surface area contributed by atoms with Crippen LogP contribution in [0.1, 0.15) is 18.5 Å². The van der Waals surface area contributed by atoms with Crippen LogP contribution in [0.4, 0.5) is 0 Å². The third-order valence-corrected chi connectivity index (χ3v) is 3.02. The van der Waals surface area contributed by atoms with Gasteiger partial charge in [0.05, 0.1) is 0 Å². The minimum absolute atomic E-state index is 0.196. The minimum Gasteiger partial charge on any atom is -0.379 e. The van der Waals surface area contributed by atoms with Crippen molar-refractivity contribution in [1.82, 2.24) is 10.3 Å².